The van der Waals surface area contributed by atoms with E-state index in [-0.39, 0.29) is 11.4 Å². The average molecular weight is 400 g/mol. The molecule has 7 nitrogen and oxygen atoms in total. The number of carbonyl (C=O) groups excluding carboxylic acids is 1. The fraction of sp³-hybridized carbons (Fsp3) is 0.500. The number of rotatable bonds is 6. The van der Waals surface area contributed by atoms with Crippen LogP contribution in [0.4, 0.5) is 16.6 Å². The van der Waals surface area contributed by atoms with Gasteiger partial charge in [-0.05, 0) is 51.2 Å². The van der Waals surface area contributed by atoms with E-state index in [0.29, 0.717) is 18.9 Å². The number of nitrogens with two attached hydrogens (primary N) is 1. The van der Waals surface area contributed by atoms with Crippen LogP contribution in [0.25, 0.3) is 11.3 Å². The van der Waals surface area contributed by atoms with Gasteiger partial charge in [0, 0.05) is 24.7 Å². The van der Waals surface area contributed by atoms with Gasteiger partial charge in [0.2, 0.25) is 5.95 Å². The molecule has 0 aliphatic carbocycles. The van der Waals surface area contributed by atoms with E-state index in [1.807, 2.05) is 52.8 Å². The molecule has 2 rings (SSSR count). The van der Waals surface area contributed by atoms with E-state index in [1.54, 1.807) is 0 Å². The Morgan fingerprint density at radius 3 is 2.45 bits per heavy atom. The van der Waals surface area contributed by atoms with Crippen LogP contribution in [-0.4, -0.2) is 34.8 Å². The topological polar surface area (TPSA) is 102 Å². The van der Waals surface area contributed by atoms with Crippen LogP contribution >= 0.6 is 0 Å². The number of alkyl carbamates (subject to hydrolysis) is 1. The summed E-state index contributed by atoms with van der Waals surface area (Å²) in [5.41, 5.74) is 9.38. The highest BCUT2D eigenvalue weighted by molar-refractivity contribution is 5.69. The van der Waals surface area contributed by atoms with Gasteiger partial charge in [0.05, 0.1) is 5.69 Å². The second-order valence-corrected chi connectivity index (χ2v) is 9.12. The number of nitrogen functional groups attached to an aromatic ring is 1. The quantitative estimate of drug-likeness (QED) is 0.669. The van der Waals surface area contributed by atoms with Crippen molar-refractivity contribution in [2.45, 2.75) is 54.1 Å². The van der Waals surface area contributed by atoms with Crippen molar-refractivity contribution in [2.24, 2.45) is 5.41 Å². The summed E-state index contributed by atoms with van der Waals surface area (Å²) in [5.74, 6) is 0.870. The maximum atomic E-state index is 11.9. The van der Waals surface area contributed by atoms with Gasteiger partial charge in [-0.1, -0.05) is 32.0 Å². The Hall–Kier alpha value is -2.83. The molecule has 0 fully saturated rings. The van der Waals surface area contributed by atoms with E-state index < -0.39 is 11.7 Å². The minimum absolute atomic E-state index is 0.218. The number of aromatic nitrogens is 2. The van der Waals surface area contributed by atoms with Crippen molar-refractivity contribution in [3.8, 4) is 11.3 Å². The van der Waals surface area contributed by atoms with Crippen LogP contribution in [-0.2, 0) is 4.74 Å². The highest BCUT2D eigenvalue weighted by Crippen LogP contribution is 2.26. The first-order valence-corrected chi connectivity index (χ1v) is 9.78. The smallest absolute Gasteiger partial charge is 0.407 e. The summed E-state index contributed by atoms with van der Waals surface area (Å²) in [6, 6.07) is 8.01. The van der Waals surface area contributed by atoms with Gasteiger partial charge in [-0.3, -0.25) is 0 Å². The van der Waals surface area contributed by atoms with Gasteiger partial charge in [0.25, 0.3) is 0 Å². The van der Waals surface area contributed by atoms with Crippen molar-refractivity contribution >= 4 is 17.9 Å². The van der Waals surface area contributed by atoms with E-state index in [1.165, 1.54) is 11.1 Å². The van der Waals surface area contributed by atoms with Crippen LogP contribution in [0, 0.1) is 19.3 Å². The lowest BCUT2D eigenvalue weighted by Crippen LogP contribution is -2.40. The second kappa shape index (κ2) is 8.68. The van der Waals surface area contributed by atoms with Gasteiger partial charge < -0.3 is 21.1 Å². The predicted octanol–water partition coefficient (Wildman–Crippen LogP) is 4.31. The molecule has 0 aliphatic rings. The molecule has 0 saturated carbocycles. The van der Waals surface area contributed by atoms with Crippen LogP contribution in [0.2, 0.25) is 0 Å². The number of aryl methyl sites for hydroxylation is 1. The minimum atomic E-state index is -0.519. The third kappa shape index (κ3) is 6.93. The molecule has 1 amide bonds. The molecular weight excluding hydrogens is 366 g/mol. The molecule has 1 aromatic heterocycles. The first-order chi connectivity index (χ1) is 13.4. The Balaban J connectivity index is 2.05. The third-order valence-corrected chi connectivity index (χ3v) is 4.48. The molecule has 1 heterocycles. The molecule has 29 heavy (non-hydrogen) atoms. The highest BCUT2D eigenvalue weighted by atomic mass is 16.6. The van der Waals surface area contributed by atoms with Crippen molar-refractivity contribution in [2.75, 3.05) is 24.1 Å². The van der Waals surface area contributed by atoms with Crippen LogP contribution in [0.5, 0.6) is 0 Å². The summed E-state index contributed by atoms with van der Waals surface area (Å²) in [6.07, 6.45) is -0.422. The monoisotopic (exact) mass is 399 g/mol. The zero-order valence-electron chi connectivity index (χ0n) is 18.5. The summed E-state index contributed by atoms with van der Waals surface area (Å²) in [4.78, 5) is 20.6. The van der Waals surface area contributed by atoms with Gasteiger partial charge in [-0.25, -0.2) is 9.78 Å². The average Bonchev–Trinajstić information content (AvgIpc) is 2.59. The SMILES string of the molecule is Cc1cccc(-c2cc(NCC(C)(C)CNC(=O)OC(C)(C)C)nc(N)n2)c1C. The Morgan fingerprint density at radius 2 is 1.79 bits per heavy atom. The number of amides is 1. The summed E-state index contributed by atoms with van der Waals surface area (Å²) in [6.45, 7) is 14.8. The molecule has 0 radical (unpaired) electrons. The predicted molar refractivity (Wildman–Crippen MR) is 118 cm³/mol. The number of ether oxygens (including phenoxy) is 1. The van der Waals surface area contributed by atoms with Crippen LogP contribution in [0.3, 0.4) is 0 Å². The summed E-state index contributed by atoms with van der Waals surface area (Å²) in [5, 5.41) is 6.14. The summed E-state index contributed by atoms with van der Waals surface area (Å²) in [7, 11) is 0. The number of carbonyl (C=O) groups is 1. The molecule has 7 heteroatoms. The Morgan fingerprint density at radius 1 is 1.10 bits per heavy atom. The number of hydrogen-bond acceptors (Lipinski definition) is 6. The molecule has 158 valence electrons. The van der Waals surface area contributed by atoms with E-state index >= 15 is 0 Å². The maximum absolute atomic E-state index is 11.9. The highest BCUT2D eigenvalue weighted by Gasteiger charge is 2.22. The Bertz CT molecular complexity index is 872. The first kappa shape index (κ1) is 22.5. The molecule has 4 N–H and O–H groups in total. The van der Waals surface area contributed by atoms with Gasteiger partial charge >= 0.3 is 6.09 Å². The number of hydrogen-bond donors (Lipinski definition) is 3. The number of benzene rings is 1. The summed E-state index contributed by atoms with van der Waals surface area (Å²) >= 11 is 0. The molecule has 2 aromatic rings. The van der Waals surface area contributed by atoms with E-state index in [2.05, 4.69) is 40.5 Å². The minimum Gasteiger partial charge on any atom is -0.444 e. The van der Waals surface area contributed by atoms with Crippen molar-refractivity contribution in [1.29, 1.82) is 0 Å². The lowest BCUT2D eigenvalue weighted by Gasteiger charge is -2.27. The normalized spacial score (nSPS) is 11.8. The van der Waals surface area contributed by atoms with Crippen molar-refractivity contribution in [3.63, 3.8) is 0 Å². The largest absolute Gasteiger partial charge is 0.444 e. The Labute approximate surface area is 173 Å². The van der Waals surface area contributed by atoms with Gasteiger partial charge in [-0.15, -0.1) is 0 Å². The van der Waals surface area contributed by atoms with Crippen molar-refractivity contribution < 1.29 is 9.53 Å². The standard InChI is InChI=1S/C22H33N5O2/c1-14-9-8-10-16(15(14)2)17-11-18(27-19(23)26-17)24-12-22(6,7)13-25-20(28)29-21(3,4)5/h8-11H,12-13H2,1-7H3,(H,25,28)(H3,23,24,26,27). The van der Waals surface area contributed by atoms with Gasteiger partial charge in [-0.2, -0.15) is 4.98 Å². The van der Waals surface area contributed by atoms with Gasteiger partial charge in [0.15, 0.2) is 0 Å². The van der Waals surface area contributed by atoms with Crippen LogP contribution in [0.15, 0.2) is 24.3 Å². The zero-order chi connectivity index (χ0) is 21.8. The summed E-state index contributed by atoms with van der Waals surface area (Å²) < 4.78 is 5.29. The molecular formula is C22H33N5O2. The van der Waals surface area contributed by atoms with Crippen LogP contribution in [0.1, 0.15) is 45.7 Å². The molecule has 0 aliphatic heterocycles. The third-order valence-electron chi connectivity index (χ3n) is 4.48. The molecule has 0 saturated heterocycles. The molecule has 1 aromatic carbocycles. The fourth-order valence-corrected chi connectivity index (χ4v) is 2.74. The Kier molecular flexibility index (Phi) is 6.72. The molecule has 0 bridgehead atoms. The zero-order valence-corrected chi connectivity index (χ0v) is 18.5. The van der Waals surface area contributed by atoms with Crippen LogP contribution < -0.4 is 16.4 Å². The fourth-order valence-electron chi connectivity index (χ4n) is 2.74. The van der Waals surface area contributed by atoms with Gasteiger partial charge in [0.1, 0.15) is 11.4 Å². The number of nitrogens with zero attached hydrogens (tertiary/aromatic N) is 2. The van der Waals surface area contributed by atoms with Crippen molar-refractivity contribution in [3.05, 3.63) is 35.4 Å². The maximum Gasteiger partial charge on any atom is 0.407 e. The molecule has 0 spiro atoms. The second-order valence-electron chi connectivity index (χ2n) is 9.12. The van der Waals surface area contributed by atoms with E-state index in [4.69, 9.17) is 10.5 Å². The van der Waals surface area contributed by atoms with Crippen molar-refractivity contribution in [1.82, 2.24) is 15.3 Å². The molecule has 0 atom stereocenters. The van der Waals surface area contributed by atoms with E-state index in [9.17, 15) is 4.79 Å². The van der Waals surface area contributed by atoms with E-state index in [0.717, 1.165) is 11.3 Å². The lowest BCUT2D eigenvalue weighted by atomic mass is 9.93. The molecule has 0 unspecified atom stereocenters. The lowest BCUT2D eigenvalue weighted by molar-refractivity contribution is 0.0508. The number of anilines is 2. The number of nitrogens with one attached hydrogen (secondary N) is 2. The first-order valence-electron chi connectivity index (χ1n) is 9.78.